The van der Waals surface area contributed by atoms with Crippen LogP contribution >= 0.6 is 22.7 Å². The van der Waals surface area contributed by atoms with Crippen molar-refractivity contribution in [2.75, 3.05) is 0 Å². The van der Waals surface area contributed by atoms with E-state index in [-0.39, 0.29) is 0 Å². The highest BCUT2D eigenvalue weighted by molar-refractivity contribution is 7.25. The van der Waals surface area contributed by atoms with E-state index in [0.717, 1.165) is 28.2 Å². The van der Waals surface area contributed by atoms with Crippen LogP contribution in [0.4, 0.5) is 0 Å². The fourth-order valence-electron chi connectivity index (χ4n) is 6.24. The first kappa shape index (κ1) is 23.1. The topological polar surface area (TPSA) is 25.8 Å². The van der Waals surface area contributed by atoms with Crippen LogP contribution in [-0.2, 0) is 6.42 Å². The molecule has 0 unspecified atom stereocenters. The van der Waals surface area contributed by atoms with E-state index >= 15 is 0 Å². The highest BCUT2D eigenvalue weighted by Gasteiger charge is 2.25. The Kier molecular flexibility index (Phi) is 5.03. The van der Waals surface area contributed by atoms with Crippen molar-refractivity contribution in [3.8, 4) is 41.8 Å². The quantitative estimate of drug-likeness (QED) is 0.202. The minimum atomic E-state index is 0.954. The molecule has 0 radical (unpaired) electrons. The summed E-state index contributed by atoms with van der Waals surface area (Å²) in [6, 6.07) is 39.7. The van der Waals surface area contributed by atoms with Crippen LogP contribution in [-0.4, -0.2) is 9.97 Å². The SMILES string of the molecule is c1ccc(-c2ccc3c4ccc(-c5cc6c(s5)-c5sc(-c7ccccc7)cc5C6)cc4c4nccnc4c3c2)cc1. The molecule has 3 aromatic heterocycles. The Morgan fingerprint density at radius 3 is 1.56 bits per heavy atom. The predicted molar refractivity (Wildman–Crippen MR) is 175 cm³/mol. The van der Waals surface area contributed by atoms with Gasteiger partial charge in [0, 0.05) is 49.1 Å². The van der Waals surface area contributed by atoms with E-state index in [1.165, 1.54) is 63.7 Å². The molecule has 0 bridgehead atoms. The zero-order valence-corrected chi connectivity index (χ0v) is 23.6. The van der Waals surface area contributed by atoms with Gasteiger partial charge in [-0.2, -0.15) is 0 Å². The summed E-state index contributed by atoms with van der Waals surface area (Å²) < 4.78 is 0. The van der Waals surface area contributed by atoms with Gasteiger partial charge >= 0.3 is 0 Å². The molecule has 4 heteroatoms. The normalized spacial score (nSPS) is 12.3. The van der Waals surface area contributed by atoms with Gasteiger partial charge < -0.3 is 0 Å². The Hall–Kier alpha value is -4.64. The van der Waals surface area contributed by atoms with Crippen molar-refractivity contribution in [1.29, 1.82) is 0 Å². The smallest absolute Gasteiger partial charge is 0.0971 e. The summed E-state index contributed by atoms with van der Waals surface area (Å²) in [6.07, 6.45) is 4.63. The second kappa shape index (κ2) is 8.93. The highest BCUT2D eigenvalue weighted by Crippen LogP contribution is 2.51. The number of fused-ring (bicyclic) bond motifs is 9. The maximum atomic E-state index is 4.85. The summed E-state index contributed by atoms with van der Waals surface area (Å²) in [6.45, 7) is 0. The second-order valence-electron chi connectivity index (χ2n) is 10.6. The summed E-state index contributed by atoms with van der Waals surface area (Å²) in [7, 11) is 0. The van der Waals surface area contributed by atoms with E-state index in [9.17, 15) is 0 Å². The first-order valence-corrected chi connectivity index (χ1v) is 15.4. The van der Waals surface area contributed by atoms with Crippen LogP contribution in [0.2, 0.25) is 0 Å². The molecule has 9 rings (SSSR count). The van der Waals surface area contributed by atoms with Crippen molar-refractivity contribution in [1.82, 2.24) is 9.97 Å². The Labute approximate surface area is 245 Å². The number of rotatable bonds is 3. The maximum Gasteiger partial charge on any atom is 0.0971 e. The summed E-state index contributed by atoms with van der Waals surface area (Å²) in [5.41, 5.74) is 9.76. The van der Waals surface area contributed by atoms with Crippen molar-refractivity contribution in [2.45, 2.75) is 6.42 Å². The van der Waals surface area contributed by atoms with E-state index in [1.54, 1.807) is 6.20 Å². The molecule has 0 saturated heterocycles. The molecule has 192 valence electrons. The number of hydrogen-bond acceptors (Lipinski definition) is 4. The summed E-state index contributed by atoms with van der Waals surface area (Å²) in [4.78, 5) is 15.2. The lowest BCUT2D eigenvalue weighted by Crippen LogP contribution is -1.90. The number of hydrogen-bond donors (Lipinski definition) is 0. The van der Waals surface area contributed by atoms with Gasteiger partial charge in [0.25, 0.3) is 0 Å². The van der Waals surface area contributed by atoms with Gasteiger partial charge in [-0.25, -0.2) is 0 Å². The van der Waals surface area contributed by atoms with Gasteiger partial charge in [-0.05, 0) is 68.4 Å². The predicted octanol–water partition coefficient (Wildman–Crippen LogP) is 10.6. The van der Waals surface area contributed by atoms with Gasteiger partial charge in [-0.15, -0.1) is 22.7 Å². The third-order valence-electron chi connectivity index (χ3n) is 8.19. The van der Waals surface area contributed by atoms with Crippen LogP contribution < -0.4 is 0 Å². The Morgan fingerprint density at radius 2 is 0.951 bits per heavy atom. The van der Waals surface area contributed by atoms with E-state index in [4.69, 9.17) is 9.97 Å². The van der Waals surface area contributed by atoms with Crippen molar-refractivity contribution in [2.24, 2.45) is 0 Å². The molecule has 41 heavy (non-hydrogen) atoms. The third-order valence-corrected chi connectivity index (χ3v) is 10.8. The lowest BCUT2D eigenvalue weighted by Gasteiger charge is -2.12. The molecule has 0 N–H and O–H groups in total. The Balaban J connectivity index is 1.18. The molecule has 8 aromatic rings. The standard InChI is InChI=1S/C37H22N2S2/c1-3-7-22(8-4-1)24-11-13-28-29-14-12-25(19-31(29)35-34(30(28)18-24)38-15-16-39-35)33-21-27-17-26-20-32(23-9-5-2-6-10-23)40-36(26)37(27)41-33/h1-16,18-21H,17H2. The molecule has 0 amide bonds. The highest BCUT2D eigenvalue weighted by atomic mass is 32.1. The first-order chi connectivity index (χ1) is 20.3. The minimum absolute atomic E-state index is 0.954. The van der Waals surface area contributed by atoms with Crippen molar-refractivity contribution < 1.29 is 0 Å². The molecule has 3 heterocycles. The average Bonchev–Trinajstić information content (AvgIpc) is 3.73. The van der Waals surface area contributed by atoms with Gasteiger partial charge in [0.05, 0.1) is 11.0 Å². The monoisotopic (exact) mass is 558 g/mol. The summed E-state index contributed by atoms with van der Waals surface area (Å²) in [5, 5.41) is 4.73. The third kappa shape index (κ3) is 3.61. The number of aromatic nitrogens is 2. The lowest BCUT2D eigenvalue weighted by atomic mass is 9.94. The summed E-state index contributed by atoms with van der Waals surface area (Å²) >= 11 is 3.84. The van der Waals surface area contributed by atoms with Gasteiger partial charge in [0.15, 0.2) is 0 Å². The lowest BCUT2D eigenvalue weighted by molar-refractivity contribution is 1.28. The van der Waals surface area contributed by atoms with Crippen LogP contribution in [0.25, 0.3) is 74.3 Å². The first-order valence-electron chi connectivity index (χ1n) is 13.8. The fourth-order valence-corrected chi connectivity index (χ4v) is 8.81. The largest absolute Gasteiger partial charge is 0.252 e. The van der Waals surface area contributed by atoms with Gasteiger partial charge in [-0.3, -0.25) is 9.97 Å². The van der Waals surface area contributed by atoms with Gasteiger partial charge in [0.1, 0.15) is 0 Å². The minimum Gasteiger partial charge on any atom is -0.252 e. The van der Waals surface area contributed by atoms with Crippen molar-refractivity contribution >= 4 is 55.3 Å². The van der Waals surface area contributed by atoms with Crippen molar-refractivity contribution in [3.63, 3.8) is 0 Å². The Bertz CT molecular complexity index is 2260. The average molecular weight is 559 g/mol. The maximum absolute atomic E-state index is 4.85. The second-order valence-corrected chi connectivity index (χ2v) is 12.7. The van der Waals surface area contributed by atoms with Gasteiger partial charge in [0.2, 0.25) is 0 Å². The molecule has 2 nitrogen and oxygen atoms in total. The van der Waals surface area contributed by atoms with Gasteiger partial charge in [-0.1, -0.05) is 84.9 Å². The van der Waals surface area contributed by atoms with Crippen LogP contribution in [0.3, 0.4) is 0 Å². The van der Waals surface area contributed by atoms with E-state index < -0.39 is 0 Å². The molecule has 1 aliphatic carbocycles. The molecule has 0 fully saturated rings. The summed E-state index contributed by atoms with van der Waals surface area (Å²) in [5.74, 6) is 0. The van der Waals surface area contributed by atoms with E-state index in [1.807, 2.05) is 28.9 Å². The molecular formula is C37H22N2S2. The van der Waals surface area contributed by atoms with Crippen molar-refractivity contribution in [3.05, 3.63) is 133 Å². The molecule has 0 spiro atoms. The molecule has 0 saturated carbocycles. The molecule has 0 aliphatic heterocycles. The molecule has 1 aliphatic rings. The Morgan fingerprint density at radius 1 is 0.439 bits per heavy atom. The fraction of sp³-hybridized carbons (Fsp3) is 0.0270. The molecular weight excluding hydrogens is 537 g/mol. The van der Waals surface area contributed by atoms with Crippen LogP contribution in [0.1, 0.15) is 11.1 Å². The number of nitrogens with zero attached hydrogens (tertiary/aromatic N) is 2. The van der Waals surface area contributed by atoms with E-state index in [0.29, 0.717) is 0 Å². The van der Waals surface area contributed by atoms with Crippen LogP contribution in [0.15, 0.2) is 122 Å². The molecule has 5 aromatic carbocycles. The zero-order chi connectivity index (χ0) is 26.9. The van der Waals surface area contributed by atoms with Crippen LogP contribution in [0, 0.1) is 0 Å². The van der Waals surface area contributed by atoms with E-state index in [2.05, 4.69) is 109 Å². The molecule has 0 atom stereocenters. The number of benzene rings is 5. The number of thiophene rings is 2. The van der Waals surface area contributed by atoms with Crippen LogP contribution in [0.5, 0.6) is 0 Å². The zero-order valence-electron chi connectivity index (χ0n) is 22.0.